The first-order chi connectivity index (χ1) is 1.73. The summed E-state index contributed by atoms with van der Waals surface area (Å²) in [5.74, 6) is 0. The van der Waals surface area contributed by atoms with Gasteiger partial charge in [-0.05, 0) is 0 Å². The SMILES string of the molecule is N.NC(=O)O.[KH]. The normalized spacial score (nSPS) is 4.00. The van der Waals surface area contributed by atoms with E-state index < -0.39 is 6.09 Å². The average Bonchev–Trinajstić information content (AvgIpc) is 0.811. The van der Waals surface area contributed by atoms with Gasteiger partial charge in [0.2, 0.25) is 0 Å². The monoisotopic (exact) mass is 118 g/mol. The molecule has 0 aromatic heterocycles. The average molecular weight is 118 g/mol. The zero-order chi connectivity index (χ0) is 3.58. The third-order valence-corrected chi connectivity index (χ3v) is 0. The van der Waals surface area contributed by atoms with Gasteiger partial charge < -0.3 is 17.0 Å². The summed E-state index contributed by atoms with van der Waals surface area (Å²) in [6.45, 7) is 0. The number of rotatable bonds is 0. The fourth-order valence-corrected chi connectivity index (χ4v) is 0. The summed E-state index contributed by atoms with van der Waals surface area (Å²) < 4.78 is 0. The second kappa shape index (κ2) is 9.29. The minimum absolute atomic E-state index is 0. The fraction of sp³-hybridized carbons (Fsp3) is 0. The molecular formula is CH7KN2O2. The first-order valence-electron chi connectivity index (χ1n) is 0.716. The van der Waals surface area contributed by atoms with Gasteiger partial charge in [0.15, 0.2) is 0 Å². The number of hydrogen-bond donors (Lipinski definition) is 3. The quantitative estimate of drug-likeness (QED) is 0.361. The van der Waals surface area contributed by atoms with Crippen molar-refractivity contribution in [1.82, 2.24) is 6.15 Å². The van der Waals surface area contributed by atoms with E-state index in [2.05, 4.69) is 5.73 Å². The first kappa shape index (κ1) is 15.8. The van der Waals surface area contributed by atoms with E-state index in [0.717, 1.165) is 0 Å². The summed E-state index contributed by atoms with van der Waals surface area (Å²) in [6, 6.07) is 0. The zero-order valence-corrected chi connectivity index (χ0v) is 2.64. The Bertz CT molecular complexity index is 34.5. The van der Waals surface area contributed by atoms with Crippen LogP contribution < -0.4 is 11.9 Å². The molecule has 0 saturated heterocycles. The Balaban J connectivity index is -0.0000000450. The molecule has 4 nitrogen and oxygen atoms in total. The summed E-state index contributed by atoms with van der Waals surface area (Å²) in [6.07, 6.45) is -1.33. The summed E-state index contributed by atoms with van der Waals surface area (Å²) in [7, 11) is 0. The Morgan fingerprint density at radius 3 is 1.67 bits per heavy atom. The molecule has 34 valence electrons. The predicted octanol–water partition coefficient (Wildman–Crippen LogP) is -0.863. The Morgan fingerprint density at radius 1 is 1.67 bits per heavy atom. The van der Waals surface area contributed by atoms with Crippen LogP contribution in [-0.4, -0.2) is 62.6 Å². The van der Waals surface area contributed by atoms with Gasteiger partial charge in [0.25, 0.3) is 0 Å². The van der Waals surface area contributed by atoms with Crippen LogP contribution in [0, 0.1) is 0 Å². The van der Waals surface area contributed by atoms with Crippen molar-refractivity contribution in [2.24, 2.45) is 5.73 Å². The molecule has 0 atom stereocenters. The number of amides is 1. The van der Waals surface area contributed by atoms with Gasteiger partial charge in [-0.1, -0.05) is 0 Å². The molecule has 6 heavy (non-hydrogen) atoms. The number of primary amides is 1. The van der Waals surface area contributed by atoms with Crippen LogP contribution in [0.5, 0.6) is 0 Å². The number of carboxylic acid groups (broad SMARTS) is 1. The molecule has 0 bridgehead atoms. The van der Waals surface area contributed by atoms with Gasteiger partial charge in [-0.3, -0.25) is 0 Å². The molecule has 5 heteroatoms. The molecule has 0 aliphatic heterocycles. The molecule has 6 N–H and O–H groups in total. The van der Waals surface area contributed by atoms with Gasteiger partial charge in [-0.25, -0.2) is 4.79 Å². The van der Waals surface area contributed by atoms with E-state index in [4.69, 9.17) is 9.90 Å². The molecule has 0 aliphatic carbocycles. The van der Waals surface area contributed by atoms with Crippen molar-refractivity contribution in [3.8, 4) is 0 Å². The zero-order valence-electron chi connectivity index (χ0n) is 2.64. The van der Waals surface area contributed by atoms with E-state index in [0.29, 0.717) is 0 Å². The molecular weight excluding hydrogens is 111 g/mol. The summed E-state index contributed by atoms with van der Waals surface area (Å²) in [5.41, 5.74) is 4.03. The van der Waals surface area contributed by atoms with Crippen molar-refractivity contribution >= 4 is 57.5 Å². The van der Waals surface area contributed by atoms with Crippen LogP contribution in [-0.2, 0) is 0 Å². The van der Waals surface area contributed by atoms with Gasteiger partial charge in [0.05, 0.1) is 0 Å². The van der Waals surface area contributed by atoms with Crippen molar-refractivity contribution in [2.75, 3.05) is 0 Å². The molecule has 0 aromatic rings. The van der Waals surface area contributed by atoms with Gasteiger partial charge >= 0.3 is 57.5 Å². The summed E-state index contributed by atoms with van der Waals surface area (Å²) in [5, 5.41) is 7.19. The van der Waals surface area contributed by atoms with Gasteiger partial charge in [0.1, 0.15) is 0 Å². The van der Waals surface area contributed by atoms with Gasteiger partial charge in [0, 0.05) is 0 Å². The van der Waals surface area contributed by atoms with Crippen molar-refractivity contribution in [3.05, 3.63) is 0 Å². The van der Waals surface area contributed by atoms with E-state index in [9.17, 15) is 0 Å². The molecule has 0 aliphatic rings. The molecule has 0 fully saturated rings. The third-order valence-electron chi connectivity index (χ3n) is 0. The van der Waals surface area contributed by atoms with E-state index in [1.165, 1.54) is 0 Å². The fourth-order valence-electron chi connectivity index (χ4n) is 0. The number of nitrogens with two attached hydrogens (primary N) is 1. The minimum atomic E-state index is -1.33. The van der Waals surface area contributed by atoms with E-state index in [-0.39, 0.29) is 57.5 Å². The van der Waals surface area contributed by atoms with Crippen molar-refractivity contribution < 1.29 is 9.90 Å². The van der Waals surface area contributed by atoms with Crippen LogP contribution >= 0.6 is 0 Å². The Morgan fingerprint density at radius 2 is 1.67 bits per heavy atom. The van der Waals surface area contributed by atoms with Crippen LogP contribution in [0.4, 0.5) is 4.79 Å². The molecule has 0 unspecified atom stereocenters. The molecule has 0 saturated carbocycles. The molecule has 0 radical (unpaired) electrons. The number of hydrogen-bond acceptors (Lipinski definition) is 2. The molecule has 0 spiro atoms. The summed E-state index contributed by atoms with van der Waals surface area (Å²) >= 11 is 0. The van der Waals surface area contributed by atoms with Crippen LogP contribution in [0.15, 0.2) is 0 Å². The maximum atomic E-state index is 8.78. The Kier molecular flexibility index (Phi) is 24.5. The van der Waals surface area contributed by atoms with Crippen molar-refractivity contribution in [3.63, 3.8) is 0 Å². The Hall–Kier alpha value is 0.866. The Labute approximate surface area is 78.1 Å². The van der Waals surface area contributed by atoms with Crippen LogP contribution in [0.2, 0.25) is 0 Å². The van der Waals surface area contributed by atoms with E-state index in [1.807, 2.05) is 0 Å². The van der Waals surface area contributed by atoms with Crippen molar-refractivity contribution in [2.45, 2.75) is 0 Å². The van der Waals surface area contributed by atoms with Gasteiger partial charge in [-0.2, -0.15) is 0 Å². The maximum absolute atomic E-state index is 8.78. The molecule has 0 rings (SSSR count). The standard InChI is InChI=1S/CH3NO2.K.H3N.H/c2-1(3)4;;;/h2H2,(H,3,4);;1H3;. The van der Waals surface area contributed by atoms with Crippen LogP contribution in [0.25, 0.3) is 0 Å². The van der Waals surface area contributed by atoms with Gasteiger partial charge in [-0.15, -0.1) is 0 Å². The van der Waals surface area contributed by atoms with E-state index >= 15 is 0 Å². The second-order valence-electron chi connectivity index (χ2n) is 0.338. The predicted molar refractivity (Wildman–Crippen MR) is 24.4 cm³/mol. The number of carbonyl (C=O) groups is 1. The van der Waals surface area contributed by atoms with Crippen LogP contribution in [0.1, 0.15) is 0 Å². The molecule has 0 aromatic carbocycles. The third kappa shape index (κ3) is 96.9. The van der Waals surface area contributed by atoms with Crippen molar-refractivity contribution in [1.29, 1.82) is 0 Å². The van der Waals surface area contributed by atoms with Crippen LogP contribution in [0.3, 0.4) is 0 Å². The first-order valence-corrected chi connectivity index (χ1v) is 0.716. The second-order valence-corrected chi connectivity index (χ2v) is 0.338. The molecule has 1 amide bonds. The molecule has 0 heterocycles. The topological polar surface area (TPSA) is 98.3 Å². The van der Waals surface area contributed by atoms with E-state index in [1.54, 1.807) is 0 Å². The summed E-state index contributed by atoms with van der Waals surface area (Å²) in [4.78, 5) is 8.78.